The molecule has 126 heavy (non-hydrogen) atoms. The lowest BCUT2D eigenvalue weighted by molar-refractivity contribution is -0.334. The number of carbonyl (C=O) groups is 9. The van der Waals surface area contributed by atoms with E-state index in [1.807, 2.05) is 0 Å². The summed E-state index contributed by atoms with van der Waals surface area (Å²) in [5.41, 5.74) is 0.483. The minimum Gasteiger partial charge on any atom is -0.508 e. The van der Waals surface area contributed by atoms with Gasteiger partial charge in [0.1, 0.15) is 101 Å². The molecule has 21 N–H and O–H groups in total. The molecule has 0 saturated carbocycles. The first-order valence-electron chi connectivity index (χ1n) is 38.9. The molecule has 672 valence electrons. The van der Waals surface area contributed by atoms with E-state index >= 15 is 14.4 Å². The number of nitrogens with zero attached hydrogens (tertiary/aromatic N) is 2. The fourth-order valence-corrected chi connectivity index (χ4v) is 15.4. The molecule has 2 saturated heterocycles. The van der Waals surface area contributed by atoms with Gasteiger partial charge in [0, 0.05) is 60.1 Å². The summed E-state index contributed by atoms with van der Waals surface area (Å²) in [7, 11) is 1.45. The second-order valence-electron chi connectivity index (χ2n) is 30.8. The highest BCUT2D eigenvalue weighted by Gasteiger charge is 2.52. The van der Waals surface area contributed by atoms with Crippen molar-refractivity contribution in [2.24, 2.45) is 11.7 Å². The maximum Gasteiger partial charge on any atom is 0.573 e. The average molecular weight is 1800 g/mol. The zero-order valence-electron chi connectivity index (χ0n) is 67.0. The number of aromatic hydroxyl groups is 3. The quantitative estimate of drug-likeness (QED) is 0.0460. The Balaban J connectivity index is 0.969. The standard InChI is InChI=1S/C82H87Cl2F3N12O27/c1-33(2)21-46(89-5)72(111)97-63-65(106)37-11-14-50(44(83)24-37)121-52-26-39-27-53(69(52)125-79-70(68(109)67(108)54(32-100)123-79)124-58-31-81(4,71(110)34(3)120-58)90-18-20-99-19-17-56(93-80(99)119)92-57(105)16-9-35-7-6-8-41(22-35)126-82(85,86)87)122-51-15-12-38(25-45(51)84)66(107)64-77(116)96-62(78(117)118)43-28-40(101)29-49(103)59(43)42-23-36(10-13-48(42)102)60(74(113)98-64)95-75(114)61(39)94-73(112)47(30-55(88)104)91-76(63)115/h6-17,19,22-29,33-34,46-47,54,58,60-68,70-71,79,89-90,100-103,106-110H,18,20-21,30-32H2,1-5H3,(H2,88,104)(H,91,115)(H,94,112)(H,95,114)(H,96,116)(H,97,111)(H,98,113)(H,117,118)(H,92,93,105,119)/b16-9+/t34-,46+,47-,54+,58-,60?,61?,62+,63+,64-,65+,66+,67+,68-,70+,71+,79?,81-/m0/s1. The smallest absolute Gasteiger partial charge is 0.508 e. The number of aromatic nitrogens is 2. The van der Waals surface area contributed by atoms with Crippen LogP contribution in [0.2, 0.25) is 10.0 Å². The Morgan fingerprint density at radius 3 is 2.02 bits per heavy atom. The Morgan fingerprint density at radius 2 is 1.40 bits per heavy atom. The van der Waals surface area contributed by atoms with Crippen molar-refractivity contribution in [3.05, 3.63) is 175 Å². The molecule has 0 spiro atoms. The van der Waals surface area contributed by atoms with Gasteiger partial charge in [0.15, 0.2) is 29.9 Å². The molecule has 3 unspecified atom stereocenters. The monoisotopic (exact) mass is 1800 g/mol. The third kappa shape index (κ3) is 21.3. The number of aliphatic carboxylic acids is 1. The van der Waals surface area contributed by atoms with Crippen molar-refractivity contribution in [1.29, 1.82) is 0 Å². The van der Waals surface area contributed by atoms with Crippen LogP contribution >= 0.6 is 23.2 Å². The predicted octanol–water partition coefficient (Wildman–Crippen LogP) is 2.54. The number of alkyl halides is 3. The highest BCUT2D eigenvalue weighted by atomic mass is 35.5. The Bertz CT molecular complexity index is 5460. The number of likely N-dealkylation sites (N-methyl/N-ethyl adjacent to an activating group) is 1. The average Bonchev–Trinajstić information content (AvgIpc) is 0.764. The number of hydrogen-bond acceptors (Lipinski definition) is 29. The molecule has 11 bridgehead atoms. The van der Waals surface area contributed by atoms with Crippen LogP contribution in [0, 0.1) is 5.92 Å². The number of nitrogens with one attached hydrogen (secondary N) is 9. The maximum absolute atomic E-state index is 16.2. The number of carboxylic acids is 1. The molecule has 1 aromatic heterocycles. The predicted molar refractivity (Wildman–Crippen MR) is 432 cm³/mol. The van der Waals surface area contributed by atoms with E-state index in [-0.39, 0.29) is 54.4 Å². The van der Waals surface area contributed by atoms with Gasteiger partial charge >= 0.3 is 18.0 Å². The number of aliphatic hydroxyl groups excluding tert-OH is 6. The van der Waals surface area contributed by atoms with Gasteiger partial charge in [0.2, 0.25) is 59.3 Å². The molecule has 7 aromatic rings. The second-order valence-corrected chi connectivity index (χ2v) is 31.6. The number of rotatable bonds is 21. The van der Waals surface area contributed by atoms with E-state index in [1.165, 1.54) is 50.5 Å². The SMILES string of the molecule is CN[C@H](CC(C)C)C(=O)N[C@H]1C(=O)N[C@@H](CC(N)=O)C(=O)NC2C(=O)NC3C(=O)N[C@H](C(=O)N[C@@H](C(=O)O)c4cc(O)cc(O)c4-c4cc3ccc4O)[C@H](O)c3ccc(c(Cl)c3)Oc3cc2cc(c3OC2O[C@H](CO)[C@@H](O)[C@H](O)[C@H]2O[C@H]2C[C@](C)(NCCn3ccc(NC(=O)/C=C/c4cccc(OC(F)(F)F)c4)nc3=O)[C@H](O)[C@H](C)O2)Oc2ccc(cc2Cl)[C@H]1O. The third-order valence-corrected chi connectivity index (χ3v) is 21.9. The van der Waals surface area contributed by atoms with Gasteiger partial charge < -0.3 is 138 Å². The number of nitrogens with two attached hydrogens (primary N) is 1. The molecule has 44 heteroatoms. The fourth-order valence-electron chi connectivity index (χ4n) is 14.9. The second kappa shape index (κ2) is 38.7. The number of hydrogen-bond donors (Lipinski definition) is 20. The molecule has 39 nitrogen and oxygen atoms in total. The fraction of sp³-hybridized carbons (Fsp3) is 0.378. The van der Waals surface area contributed by atoms with Crippen LogP contribution in [0.5, 0.6) is 51.7 Å². The van der Waals surface area contributed by atoms with Gasteiger partial charge in [-0.15, -0.1) is 13.2 Å². The van der Waals surface area contributed by atoms with Crippen molar-refractivity contribution in [2.45, 2.75) is 169 Å². The van der Waals surface area contributed by atoms with Crippen LogP contribution in [0.15, 0.2) is 126 Å². The van der Waals surface area contributed by atoms with Crippen molar-refractivity contribution in [1.82, 2.24) is 52.1 Å². The number of phenols is 3. The molecule has 0 aliphatic carbocycles. The van der Waals surface area contributed by atoms with Crippen LogP contribution in [0.1, 0.15) is 111 Å². The van der Waals surface area contributed by atoms with Crippen molar-refractivity contribution < 1.29 is 141 Å². The lowest BCUT2D eigenvalue weighted by Gasteiger charge is -2.48. The number of aliphatic hydroxyl groups is 6. The minimum absolute atomic E-state index is 0.109. The molecule has 6 aromatic carbocycles. The number of anilines is 1. The van der Waals surface area contributed by atoms with Gasteiger partial charge in [0.25, 0.3) is 0 Å². The van der Waals surface area contributed by atoms with Gasteiger partial charge in [-0.25, -0.2) is 9.59 Å². The van der Waals surface area contributed by atoms with Crippen molar-refractivity contribution >= 4 is 88.3 Å². The van der Waals surface area contributed by atoms with E-state index in [1.54, 1.807) is 20.8 Å². The van der Waals surface area contributed by atoms with E-state index in [2.05, 4.69) is 57.6 Å². The van der Waals surface area contributed by atoms with Gasteiger partial charge in [0.05, 0.1) is 41.3 Å². The Hall–Kier alpha value is -12.3. The molecule has 8 amide bonds. The third-order valence-electron chi connectivity index (χ3n) is 21.3. The summed E-state index contributed by atoms with van der Waals surface area (Å²) in [5.74, 6) is -18.3. The summed E-state index contributed by atoms with van der Waals surface area (Å²) in [6, 6.07) is 4.60. The first-order chi connectivity index (χ1) is 59.6. The molecule has 0 radical (unpaired) electrons. The topological polar surface area (TPSA) is 590 Å². The van der Waals surface area contributed by atoms with Crippen LogP contribution in [0.4, 0.5) is 19.0 Å². The molecule has 7 aliphatic rings. The zero-order valence-corrected chi connectivity index (χ0v) is 68.5. The van der Waals surface area contributed by atoms with Crippen molar-refractivity contribution in [3.8, 4) is 62.9 Å². The van der Waals surface area contributed by atoms with Crippen LogP contribution in [0.3, 0.4) is 0 Å². The van der Waals surface area contributed by atoms with Gasteiger partial charge in [-0.05, 0) is 140 Å². The number of carbonyl (C=O) groups excluding carboxylic acids is 8. The zero-order chi connectivity index (χ0) is 91.4. The Labute approximate surface area is 722 Å². The molecule has 7 aliphatic heterocycles. The summed E-state index contributed by atoms with van der Waals surface area (Å²) >= 11 is 14.3. The number of fused-ring (bicyclic) bond motifs is 15. The summed E-state index contributed by atoms with van der Waals surface area (Å²) in [6.45, 7) is 5.30. The summed E-state index contributed by atoms with van der Waals surface area (Å²) in [5, 5.41) is 138. The van der Waals surface area contributed by atoms with Crippen LogP contribution in [-0.4, -0.2) is 219 Å². The van der Waals surface area contributed by atoms with E-state index in [0.717, 1.165) is 95.6 Å². The van der Waals surface area contributed by atoms with E-state index < -0.39 is 277 Å². The highest BCUT2D eigenvalue weighted by molar-refractivity contribution is 6.32. The maximum atomic E-state index is 16.2. The van der Waals surface area contributed by atoms with Crippen molar-refractivity contribution in [3.63, 3.8) is 0 Å². The number of halogens is 5. The summed E-state index contributed by atoms with van der Waals surface area (Å²) < 4.78 is 82.8. The minimum atomic E-state index is -4.97. The largest absolute Gasteiger partial charge is 0.573 e. The summed E-state index contributed by atoms with van der Waals surface area (Å²) in [6.07, 6.45) is -21.5. The number of amides is 8. The highest BCUT2D eigenvalue weighted by Crippen LogP contribution is 2.50. The Kier molecular flexibility index (Phi) is 28.5. The van der Waals surface area contributed by atoms with Gasteiger partial charge in [-0.3, -0.25) is 42.9 Å². The van der Waals surface area contributed by atoms with Gasteiger partial charge in [-0.1, -0.05) is 67.4 Å². The molecule has 14 rings (SSSR count). The van der Waals surface area contributed by atoms with E-state index in [4.69, 9.17) is 57.4 Å². The Morgan fingerprint density at radius 1 is 0.746 bits per heavy atom. The first kappa shape index (κ1) is 92.9. The number of ether oxygens (including phenoxy) is 7. The van der Waals surface area contributed by atoms with E-state index in [9.17, 15) is 97.8 Å². The van der Waals surface area contributed by atoms with Crippen LogP contribution in [0.25, 0.3) is 17.2 Å². The molecular formula is C82H87Cl2F3N12O27. The molecule has 2 fully saturated rings. The first-order valence-corrected chi connectivity index (χ1v) is 39.7. The normalized spacial score (nSPS) is 26.0. The van der Waals surface area contributed by atoms with Gasteiger partial charge in [-0.2, -0.15) is 4.98 Å². The number of phenolic OH excluding ortho intramolecular Hbond substituents is 3. The van der Waals surface area contributed by atoms with Crippen LogP contribution < -0.4 is 78.2 Å². The molecular weight excluding hydrogens is 1710 g/mol. The lowest BCUT2D eigenvalue weighted by Crippen LogP contribution is -2.65. The molecule has 8 heterocycles. The van der Waals surface area contributed by atoms with Crippen molar-refractivity contribution in [2.75, 3.05) is 25.5 Å². The van der Waals surface area contributed by atoms with E-state index in [0.29, 0.717) is 0 Å². The number of benzene rings is 6. The lowest BCUT2D eigenvalue weighted by atomic mass is 9.85. The van der Waals surface area contributed by atoms with Crippen LogP contribution in [-0.2, 0) is 63.9 Å². The number of carboxylic acid groups (broad SMARTS) is 1. The molecule has 18 atom stereocenters. The number of primary amides is 1. The summed E-state index contributed by atoms with van der Waals surface area (Å²) in [4.78, 5) is 148.